The molecule has 1 N–H and O–H groups in total. The Morgan fingerprint density at radius 1 is 1.10 bits per heavy atom. The molecule has 0 amide bonds. The number of rotatable bonds is 5. The van der Waals surface area contributed by atoms with Crippen molar-refractivity contribution in [2.45, 2.75) is 16.8 Å². The van der Waals surface area contributed by atoms with Gasteiger partial charge in [-0.25, -0.2) is 4.98 Å². The van der Waals surface area contributed by atoms with E-state index >= 15 is 0 Å². The fraction of sp³-hybridized carbons (Fsp3) is 0.118. The van der Waals surface area contributed by atoms with Gasteiger partial charge in [-0.3, -0.25) is 0 Å². The summed E-state index contributed by atoms with van der Waals surface area (Å²) in [4.78, 5) is 8.01. The van der Waals surface area contributed by atoms with Crippen LogP contribution < -0.4 is 0 Å². The SMILES string of the molecule is C=CCC(Sc1nc2ccccc2[nH]1)c1ccccc1. The molecule has 0 aliphatic rings. The van der Waals surface area contributed by atoms with Crippen LogP contribution in [0.1, 0.15) is 17.2 Å². The van der Waals surface area contributed by atoms with E-state index in [1.807, 2.05) is 30.3 Å². The third kappa shape index (κ3) is 2.78. The normalized spacial score (nSPS) is 12.4. The van der Waals surface area contributed by atoms with Gasteiger partial charge in [0.25, 0.3) is 0 Å². The van der Waals surface area contributed by atoms with Crippen molar-refractivity contribution in [3.05, 3.63) is 72.8 Å². The second-order valence-corrected chi connectivity index (χ2v) is 5.79. The zero-order valence-corrected chi connectivity index (χ0v) is 11.9. The molecular formula is C17H16N2S. The van der Waals surface area contributed by atoms with Gasteiger partial charge in [0.05, 0.1) is 11.0 Å². The standard InChI is InChI=1S/C17H16N2S/c1-2-8-16(13-9-4-3-5-10-13)20-17-18-14-11-6-7-12-15(14)19-17/h2-7,9-12,16H,1,8H2,(H,18,19). The molecule has 0 fully saturated rings. The first kappa shape index (κ1) is 13.0. The van der Waals surface area contributed by atoms with Crippen LogP contribution in [0, 0.1) is 0 Å². The fourth-order valence-corrected chi connectivity index (χ4v) is 3.31. The number of H-pyrrole nitrogens is 1. The van der Waals surface area contributed by atoms with Crippen molar-refractivity contribution in [2.24, 2.45) is 0 Å². The number of nitrogens with zero attached hydrogens (tertiary/aromatic N) is 1. The lowest BCUT2D eigenvalue weighted by molar-refractivity contribution is 0.953. The van der Waals surface area contributed by atoms with E-state index in [2.05, 4.69) is 46.9 Å². The molecule has 0 aliphatic heterocycles. The number of imidazole rings is 1. The number of hydrogen-bond acceptors (Lipinski definition) is 2. The molecule has 3 rings (SSSR count). The highest BCUT2D eigenvalue weighted by molar-refractivity contribution is 7.99. The van der Waals surface area contributed by atoms with Crippen LogP contribution in [-0.2, 0) is 0 Å². The summed E-state index contributed by atoms with van der Waals surface area (Å²) < 4.78 is 0. The lowest BCUT2D eigenvalue weighted by Gasteiger charge is -2.13. The Hall–Kier alpha value is -2.00. The van der Waals surface area contributed by atoms with E-state index in [4.69, 9.17) is 0 Å². The Bertz CT molecular complexity index is 670. The number of aromatic amines is 1. The van der Waals surface area contributed by atoms with Crippen LogP contribution in [0.2, 0.25) is 0 Å². The average Bonchev–Trinajstić information content (AvgIpc) is 2.90. The van der Waals surface area contributed by atoms with Crippen LogP contribution >= 0.6 is 11.8 Å². The highest BCUT2D eigenvalue weighted by atomic mass is 32.2. The van der Waals surface area contributed by atoms with Crippen molar-refractivity contribution in [2.75, 3.05) is 0 Å². The number of benzene rings is 2. The molecule has 0 saturated heterocycles. The van der Waals surface area contributed by atoms with E-state index in [-0.39, 0.29) is 0 Å². The van der Waals surface area contributed by atoms with Gasteiger partial charge in [0.2, 0.25) is 0 Å². The van der Waals surface area contributed by atoms with Crippen molar-refractivity contribution in [3.63, 3.8) is 0 Å². The lowest BCUT2D eigenvalue weighted by Crippen LogP contribution is -1.93. The van der Waals surface area contributed by atoms with Gasteiger partial charge in [-0.2, -0.15) is 0 Å². The molecule has 20 heavy (non-hydrogen) atoms. The summed E-state index contributed by atoms with van der Waals surface area (Å²) in [6, 6.07) is 18.6. The smallest absolute Gasteiger partial charge is 0.166 e. The second kappa shape index (κ2) is 5.97. The Kier molecular flexibility index (Phi) is 3.88. The molecule has 0 bridgehead atoms. The van der Waals surface area contributed by atoms with Crippen molar-refractivity contribution in [3.8, 4) is 0 Å². The average molecular weight is 280 g/mol. The minimum Gasteiger partial charge on any atom is -0.333 e. The minimum atomic E-state index is 0.342. The molecule has 2 nitrogen and oxygen atoms in total. The van der Waals surface area contributed by atoms with E-state index in [1.54, 1.807) is 11.8 Å². The van der Waals surface area contributed by atoms with Crippen LogP contribution in [-0.4, -0.2) is 9.97 Å². The third-order valence-corrected chi connectivity index (χ3v) is 4.34. The summed E-state index contributed by atoms with van der Waals surface area (Å²) in [6.45, 7) is 3.87. The first-order chi connectivity index (χ1) is 9.86. The van der Waals surface area contributed by atoms with Gasteiger partial charge >= 0.3 is 0 Å². The molecular weight excluding hydrogens is 264 g/mol. The molecule has 3 heteroatoms. The van der Waals surface area contributed by atoms with Crippen LogP contribution in [0.25, 0.3) is 11.0 Å². The zero-order valence-electron chi connectivity index (χ0n) is 11.1. The van der Waals surface area contributed by atoms with Gasteiger partial charge in [-0.15, -0.1) is 6.58 Å². The topological polar surface area (TPSA) is 28.7 Å². The Balaban J connectivity index is 1.87. The molecule has 0 spiro atoms. The van der Waals surface area contributed by atoms with Crippen molar-refractivity contribution in [1.82, 2.24) is 9.97 Å². The molecule has 1 aromatic heterocycles. The van der Waals surface area contributed by atoms with Gasteiger partial charge < -0.3 is 4.98 Å². The Morgan fingerprint density at radius 2 is 1.85 bits per heavy atom. The van der Waals surface area contributed by atoms with Gasteiger partial charge in [-0.05, 0) is 24.1 Å². The number of aromatic nitrogens is 2. The first-order valence-electron chi connectivity index (χ1n) is 6.64. The maximum Gasteiger partial charge on any atom is 0.166 e. The molecule has 100 valence electrons. The van der Waals surface area contributed by atoms with E-state index in [1.165, 1.54) is 5.56 Å². The minimum absolute atomic E-state index is 0.342. The van der Waals surface area contributed by atoms with Crippen LogP contribution in [0.3, 0.4) is 0 Å². The molecule has 1 atom stereocenters. The third-order valence-electron chi connectivity index (χ3n) is 3.17. The highest BCUT2D eigenvalue weighted by Crippen LogP contribution is 2.37. The lowest BCUT2D eigenvalue weighted by atomic mass is 10.1. The van der Waals surface area contributed by atoms with Gasteiger partial charge in [0, 0.05) is 5.25 Å². The highest BCUT2D eigenvalue weighted by Gasteiger charge is 2.13. The van der Waals surface area contributed by atoms with Crippen LogP contribution in [0.4, 0.5) is 0 Å². The van der Waals surface area contributed by atoms with Crippen LogP contribution in [0.5, 0.6) is 0 Å². The van der Waals surface area contributed by atoms with Crippen LogP contribution in [0.15, 0.2) is 72.4 Å². The first-order valence-corrected chi connectivity index (χ1v) is 7.52. The van der Waals surface area contributed by atoms with Crippen molar-refractivity contribution < 1.29 is 0 Å². The number of allylic oxidation sites excluding steroid dienone is 1. The van der Waals surface area contributed by atoms with E-state index < -0.39 is 0 Å². The maximum absolute atomic E-state index is 4.63. The number of fused-ring (bicyclic) bond motifs is 1. The number of thioether (sulfide) groups is 1. The number of nitrogens with one attached hydrogen (secondary N) is 1. The molecule has 2 aromatic carbocycles. The summed E-state index contributed by atoms with van der Waals surface area (Å²) in [5.41, 5.74) is 3.40. The fourth-order valence-electron chi connectivity index (χ4n) is 2.19. The molecule has 3 aromatic rings. The van der Waals surface area contributed by atoms with E-state index in [0.717, 1.165) is 22.6 Å². The molecule has 1 heterocycles. The Labute approximate surface area is 122 Å². The predicted molar refractivity (Wildman–Crippen MR) is 85.9 cm³/mol. The summed E-state index contributed by atoms with van der Waals surface area (Å²) >= 11 is 1.75. The Morgan fingerprint density at radius 3 is 2.60 bits per heavy atom. The molecule has 0 aliphatic carbocycles. The summed E-state index contributed by atoms with van der Waals surface area (Å²) in [5.74, 6) is 0. The summed E-state index contributed by atoms with van der Waals surface area (Å²) in [6.07, 6.45) is 2.89. The van der Waals surface area contributed by atoms with Crippen molar-refractivity contribution in [1.29, 1.82) is 0 Å². The molecule has 0 radical (unpaired) electrons. The summed E-state index contributed by atoms with van der Waals surface area (Å²) in [7, 11) is 0. The number of para-hydroxylation sites is 2. The zero-order chi connectivity index (χ0) is 13.8. The van der Waals surface area contributed by atoms with E-state index in [9.17, 15) is 0 Å². The molecule has 0 saturated carbocycles. The maximum atomic E-state index is 4.63. The van der Waals surface area contributed by atoms with Gasteiger partial charge in [-0.1, -0.05) is 60.3 Å². The second-order valence-electron chi connectivity index (χ2n) is 4.60. The predicted octanol–water partition coefficient (Wildman–Crippen LogP) is 4.97. The number of hydrogen-bond donors (Lipinski definition) is 1. The quantitative estimate of drug-likeness (QED) is 0.528. The monoisotopic (exact) mass is 280 g/mol. The van der Waals surface area contributed by atoms with E-state index in [0.29, 0.717) is 5.25 Å². The summed E-state index contributed by atoms with van der Waals surface area (Å²) in [5, 5.41) is 1.30. The largest absolute Gasteiger partial charge is 0.333 e. The molecule has 1 unspecified atom stereocenters. The van der Waals surface area contributed by atoms with Crippen molar-refractivity contribution >= 4 is 22.8 Å². The van der Waals surface area contributed by atoms with Gasteiger partial charge in [0.15, 0.2) is 5.16 Å². The van der Waals surface area contributed by atoms with Gasteiger partial charge in [0.1, 0.15) is 0 Å².